The molecule has 0 unspecified atom stereocenters. The number of aromatic hydroxyl groups is 2. The molecule has 2 aromatic rings. The van der Waals surface area contributed by atoms with Gasteiger partial charge in [-0.25, -0.2) is 4.79 Å². The van der Waals surface area contributed by atoms with E-state index in [1.54, 1.807) is 36.2 Å². The Hall–Kier alpha value is -2.69. The molecule has 0 aromatic heterocycles. The average Bonchev–Trinajstić information content (AvgIpc) is 2.47. The van der Waals surface area contributed by atoms with Gasteiger partial charge in [-0.1, -0.05) is 0 Å². The molecular formula is C18H21NO4. The van der Waals surface area contributed by atoms with Crippen molar-refractivity contribution in [3.05, 3.63) is 48.0 Å². The molecule has 0 radical (unpaired) electrons. The van der Waals surface area contributed by atoms with E-state index in [2.05, 4.69) is 0 Å². The first-order valence-corrected chi connectivity index (χ1v) is 7.26. The fourth-order valence-electron chi connectivity index (χ4n) is 2.08. The molecule has 2 aromatic carbocycles. The number of hydrogen-bond acceptors (Lipinski definition) is 5. The van der Waals surface area contributed by atoms with Crippen molar-refractivity contribution < 1.29 is 19.7 Å². The zero-order valence-corrected chi connectivity index (χ0v) is 13.7. The maximum absolute atomic E-state index is 12.0. The maximum Gasteiger partial charge on any atom is 0.338 e. The molecule has 0 saturated heterocycles. The number of anilines is 2. The summed E-state index contributed by atoms with van der Waals surface area (Å²) in [5, 5.41) is 19.5. The number of hydrogen-bond donors (Lipinski definition) is 2. The number of benzene rings is 2. The minimum absolute atomic E-state index is 0.0570. The number of esters is 1. The minimum Gasteiger partial charge on any atom is -0.508 e. The third kappa shape index (κ3) is 4.16. The van der Waals surface area contributed by atoms with Gasteiger partial charge in [0, 0.05) is 18.8 Å². The summed E-state index contributed by atoms with van der Waals surface area (Å²) in [5.41, 5.74) is 1.14. The van der Waals surface area contributed by atoms with Crippen LogP contribution >= 0.6 is 0 Å². The van der Waals surface area contributed by atoms with Crippen LogP contribution in [0.4, 0.5) is 11.4 Å². The molecule has 5 heteroatoms. The van der Waals surface area contributed by atoms with E-state index in [-0.39, 0.29) is 17.5 Å². The zero-order valence-electron chi connectivity index (χ0n) is 13.7. The lowest BCUT2D eigenvalue weighted by Gasteiger charge is -2.22. The second-order valence-electron chi connectivity index (χ2n) is 6.28. The Morgan fingerprint density at radius 2 is 1.65 bits per heavy atom. The van der Waals surface area contributed by atoms with Gasteiger partial charge in [-0.2, -0.15) is 0 Å². The molecule has 2 rings (SSSR count). The van der Waals surface area contributed by atoms with Crippen molar-refractivity contribution >= 4 is 17.3 Å². The number of nitrogens with zero attached hydrogens (tertiary/aromatic N) is 1. The van der Waals surface area contributed by atoms with Gasteiger partial charge < -0.3 is 19.8 Å². The van der Waals surface area contributed by atoms with Gasteiger partial charge in [0.15, 0.2) is 0 Å². The third-order valence-corrected chi connectivity index (χ3v) is 3.21. The first-order chi connectivity index (χ1) is 10.7. The molecule has 5 nitrogen and oxygen atoms in total. The van der Waals surface area contributed by atoms with Crippen LogP contribution in [0.3, 0.4) is 0 Å². The summed E-state index contributed by atoms with van der Waals surface area (Å²) >= 11 is 0. The largest absolute Gasteiger partial charge is 0.508 e. The summed E-state index contributed by atoms with van der Waals surface area (Å²) in [6.45, 7) is 5.45. The molecule has 0 saturated carbocycles. The molecule has 0 aliphatic carbocycles. The summed E-state index contributed by atoms with van der Waals surface area (Å²) in [6.07, 6.45) is 0. The van der Waals surface area contributed by atoms with Crippen LogP contribution in [0, 0.1) is 0 Å². The Labute approximate surface area is 135 Å². The van der Waals surface area contributed by atoms with E-state index in [0.29, 0.717) is 11.3 Å². The lowest BCUT2D eigenvalue weighted by Crippen LogP contribution is -2.23. The molecule has 0 aliphatic heterocycles. The van der Waals surface area contributed by atoms with Gasteiger partial charge in [-0.05, 0) is 57.2 Å². The first-order valence-electron chi connectivity index (χ1n) is 7.26. The predicted octanol–water partition coefficient (Wildman–Crippen LogP) is 3.82. The van der Waals surface area contributed by atoms with E-state index in [0.717, 1.165) is 5.69 Å². The lowest BCUT2D eigenvalue weighted by molar-refractivity contribution is 0.00695. The highest BCUT2D eigenvalue weighted by Crippen LogP contribution is 2.34. The van der Waals surface area contributed by atoms with E-state index in [1.807, 2.05) is 20.8 Å². The Morgan fingerprint density at radius 3 is 2.22 bits per heavy atom. The van der Waals surface area contributed by atoms with Crippen LogP contribution in [-0.4, -0.2) is 28.8 Å². The zero-order chi connectivity index (χ0) is 17.2. The van der Waals surface area contributed by atoms with E-state index in [4.69, 9.17) is 4.74 Å². The molecule has 0 aliphatic rings. The summed E-state index contributed by atoms with van der Waals surface area (Å²) < 4.78 is 5.32. The number of ether oxygens (including phenoxy) is 1. The predicted molar refractivity (Wildman–Crippen MR) is 89.4 cm³/mol. The molecular weight excluding hydrogens is 294 g/mol. The monoisotopic (exact) mass is 315 g/mol. The molecule has 0 bridgehead atoms. The van der Waals surface area contributed by atoms with Crippen LogP contribution in [0.2, 0.25) is 0 Å². The second-order valence-corrected chi connectivity index (χ2v) is 6.28. The quantitative estimate of drug-likeness (QED) is 0.665. The molecule has 0 spiro atoms. The number of phenols is 2. The van der Waals surface area contributed by atoms with E-state index < -0.39 is 5.60 Å². The van der Waals surface area contributed by atoms with Crippen LogP contribution in [0.5, 0.6) is 11.5 Å². The van der Waals surface area contributed by atoms with Gasteiger partial charge in [0.05, 0.1) is 11.3 Å². The van der Waals surface area contributed by atoms with Crippen LogP contribution in [0.1, 0.15) is 31.1 Å². The molecule has 122 valence electrons. The minimum atomic E-state index is -0.542. The highest BCUT2D eigenvalue weighted by molar-refractivity contribution is 5.90. The fraction of sp³-hybridized carbons (Fsp3) is 0.278. The number of carbonyl (C=O) groups is 1. The molecule has 2 N–H and O–H groups in total. The van der Waals surface area contributed by atoms with Crippen LogP contribution < -0.4 is 4.90 Å². The average molecular weight is 315 g/mol. The van der Waals surface area contributed by atoms with Crippen molar-refractivity contribution in [3.63, 3.8) is 0 Å². The highest BCUT2D eigenvalue weighted by atomic mass is 16.6. The van der Waals surface area contributed by atoms with E-state index in [1.165, 1.54) is 18.2 Å². The van der Waals surface area contributed by atoms with Gasteiger partial charge in [-0.3, -0.25) is 0 Å². The Kier molecular flexibility index (Phi) is 4.50. The van der Waals surface area contributed by atoms with Crippen LogP contribution in [0.25, 0.3) is 0 Å². The van der Waals surface area contributed by atoms with Gasteiger partial charge in [0.1, 0.15) is 17.1 Å². The van der Waals surface area contributed by atoms with Crippen molar-refractivity contribution in [2.24, 2.45) is 0 Å². The fourth-order valence-corrected chi connectivity index (χ4v) is 2.08. The van der Waals surface area contributed by atoms with Gasteiger partial charge in [0.2, 0.25) is 0 Å². The van der Waals surface area contributed by atoms with Gasteiger partial charge in [0.25, 0.3) is 0 Å². The summed E-state index contributed by atoms with van der Waals surface area (Å²) in [6, 6.07) is 11.1. The van der Waals surface area contributed by atoms with E-state index >= 15 is 0 Å². The van der Waals surface area contributed by atoms with Gasteiger partial charge >= 0.3 is 5.97 Å². The number of carbonyl (C=O) groups excluding carboxylic acids is 1. The number of rotatable bonds is 3. The molecule has 23 heavy (non-hydrogen) atoms. The summed E-state index contributed by atoms with van der Waals surface area (Å²) in [7, 11) is 1.76. The lowest BCUT2D eigenvalue weighted by atomic mass is 10.1. The molecule has 0 atom stereocenters. The van der Waals surface area contributed by atoms with Crippen LogP contribution in [0.15, 0.2) is 42.5 Å². The third-order valence-electron chi connectivity index (χ3n) is 3.21. The topological polar surface area (TPSA) is 70.0 Å². The Balaban J connectivity index is 2.22. The maximum atomic E-state index is 12.0. The second kappa shape index (κ2) is 6.20. The van der Waals surface area contributed by atoms with Crippen molar-refractivity contribution in [3.8, 4) is 11.5 Å². The molecule has 0 heterocycles. The summed E-state index contributed by atoms with van der Waals surface area (Å²) in [5.74, 6) is -0.261. The molecule has 0 fully saturated rings. The van der Waals surface area contributed by atoms with Crippen molar-refractivity contribution in [1.82, 2.24) is 0 Å². The first kappa shape index (κ1) is 16.7. The SMILES string of the molecule is CN(c1ccc(C(=O)OC(C)(C)C)cc1)c1cc(O)ccc1O. The van der Waals surface area contributed by atoms with Crippen molar-refractivity contribution in [1.29, 1.82) is 0 Å². The van der Waals surface area contributed by atoms with Crippen LogP contribution in [-0.2, 0) is 4.74 Å². The normalized spacial score (nSPS) is 11.1. The van der Waals surface area contributed by atoms with E-state index in [9.17, 15) is 15.0 Å². The Morgan fingerprint density at radius 1 is 1.04 bits per heavy atom. The standard InChI is InChI=1S/C18H21NO4/c1-18(2,3)23-17(22)12-5-7-13(8-6-12)19(4)15-11-14(20)9-10-16(15)21/h5-11,20-21H,1-4H3. The Bertz CT molecular complexity index is 702. The van der Waals surface area contributed by atoms with Crippen molar-refractivity contribution in [2.75, 3.05) is 11.9 Å². The molecule has 0 amide bonds. The van der Waals surface area contributed by atoms with Gasteiger partial charge in [-0.15, -0.1) is 0 Å². The summed E-state index contributed by atoms with van der Waals surface area (Å²) in [4.78, 5) is 13.7. The van der Waals surface area contributed by atoms with Crippen molar-refractivity contribution in [2.45, 2.75) is 26.4 Å². The smallest absolute Gasteiger partial charge is 0.338 e. The number of phenolic OH excluding ortho intramolecular Hbond substituents is 2. The highest BCUT2D eigenvalue weighted by Gasteiger charge is 2.18.